The van der Waals surface area contributed by atoms with Crippen LogP contribution in [0.3, 0.4) is 0 Å². The van der Waals surface area contributed by atoms with Crippen LogP contribution in [0.4, 0.5) is 18.9 Å². The Morgan fingerprint density at radius 1 is 1.02 bits per heavy atom. The Morgan fingerprint density at radius 3 is 2.45 bits per heavy atom. The number of thiazole rings is 1. The Kier molecular flexibility index (Phi) is 7.65. The number of nitrogens with zero attached hydrogens (tertiary/aromatic N) is 5. The predicted molar refractivity (Wildman–Crippen MR) is 152 cm³/mol. The van der Waals surface area contributed by atoms with E-state index < -0.39 is 17.8 Å². The Balaban J connectivity index is 1.37. The summed E-state index contributed by atoms with van der Waals surface area (Å²) in [7, 11) is 0. The van der Waals surface area contributed by atoms with Gasteiger partial charge in [0.05, 0.1) is 11.9 Å². The number of aromatic nitrogens is 3. The van der Waals surface area contributed by atoms with Gasteiger partial charge in [-0.25, -0.2) is 15.1 Å². The van der Waals surface area contributed by atoms with Crippen LogP contribution in [0.2, 0.25) is 0 Å². The van der Waals surface area contributed by atoms with E-state index >= 15 is 0 Å². The smallest absolute Gasteiger partial charge is 0.372 e. The number of nitrogens with one attached hydrogen (secondary N) is 1. The largest absolute Gasteiger partial charge is 0.435 e. The third kappa shape index (κ3) is 5.74. The zero-order valence-corrected chi connectivity index (χ0v) is 22.5. The average Bonchev–Trinajstić information content (AvgIpc) is 3.62. The Bertz CT molecular complexity index is 1670. The van der Waals surface area contributed by atoms with Gasteiger partial charge in [-0.2, -0.15) is 23.4 Å². The normalized spacial score (nSPS) is 11.8. The van der Waals surface area contributed by atoms with Gasteiger partial charge in [0.15, 0.2) is 5.69 Å². The maximum Gasteiger partial charge on any atom is 0.435 e. The van der Waals surface area contributed by atoms with Crippen molar-refractivity contribution in [1.82, 2.24) is 20.2 Å². The molecule has 1 amide bonds. The van der Waals surface area contributed by atoms with Gasteiger partial charge in [-0.3, -0.25) is 4.79 Å². The lowest BCUT2D eigenvalue weighted by Crippen LogP contribution is -2.21. The maximum absolute atomic E-state index is 13.6. The number of hydrazone groups is 1. The van der Waals surface area contributed by atoms with Crippen LogP contribution in [-0.2, 0) is 6.18 Å². The second-order valence-corrected chi connectivity index (χ2v) is 9.70. The molecule has 5 aromatic rings. The fraction of sp³-hybridized carbons (Fsp3) is 0.172. The van der Waals surface area contributed by atoms with Crippen LogP contribution in [0, 0.1) is 0 Å². The summed E-state index contributed by atoms with van der Waals surface area (Å²) in [6.45, 7) is 5.97. The summed E-state index contributed by atoms with van der Waals surface area (Å²) < 4.78 is 41.9. The molecular weight excluding hydrogens is 537 g/mol. The minimum atomic E-state index is -4.65. The molecule has 1 N–H and O–H groups in total. The standard InChI is InChI=1S/C29H25F3N6OS/c1-3-37(4-2)23-13-9-19(10-14-23)17-33-35-27(39)24-18-40-28(34-24)38-25(16-26(36-38)29(30,31)32)22-12-11-20-7-5-6-8-21(20)15-22/h5-18H,3-4H2,1-2H3,(H,35,39). The highest BCUT2D eigenvalue weighted by atomic mass is 32.1. The molecule has 2 heterocycles. The van der Waals surface area contributed by atoms with Gasteiger partial charge in [-0.05, 0) is 54.4 Å². The maximum atomic E-state index is 13.6. The third-order valence-electron chi connectivity index (χ3n) is 6.35. The van der Waals surface area contributed by atoms with Crippen molar-refractivity contribution in [3.63, 3.8) is 0 Å². The number of benzene rings is 3. The molecule has 3 aromatic carbocycles. The van der Waals surface area contributed by atoms with Crippen molar-refractivity contribution in [2.45, 2.75) is 20.0 Å². The van der Waals surface area contributed by atoms with Gasteiger partial charge in [0.1, 0.15) is 5.69 Å². The number of anilines is 1. The number of carbonyl (C=O) groups is 1. The second kappa shape index (κ2) is 11.3. The predicted octanol–water partition coefficient (Wildman–Crippen LogP) is 6.78. The van der Waals surface area contributed by atoms with Gasteiger partial charge in [-0.15, -0.1) is 11.3 Å². The van der Waals surface area contributed by atoms with E-state index in [2.05, 4.69) is 39.4 Å². The molecule has 0 radical (unpaired) electrons. The van der Waals surface area contributed by atoms with Crippen molar-refractivity contribution < 1.29 is 18.0 Å². The van der Waals surface area contributed by atoms with Crippen molar-refractivity contribution in [2.75, 3.05) is 18.0 Å². The minimum Gasteiger partial charge on any atom is -0.372 e. The molecule has 7 nitrogen and oxygen atoms in total. The zero-order chi connectivity index (χ0) is 28.3. The van der Waals surface area contributed by atoms with E-state index in [0.29, 0.717) is 5.56 Å². The SMILES string of the molecule is CCN(CC)c1ccc(C=NNC(=O)c2csc(-n3nc(C(F)(F)F)cc3-c3ccc4ccccc4c3)n2)cc1. The first-order valence-corrected chi connectivity index (χ1v) is 13.5. The average molecular weight is 563 g/mol. The van der Waals surface area contributed by atoms with Crippen LogP contribution >= 0.6 is 11.3 Å². The molecule has 0 saturated carbocycles. The van der Waals surface area contributed by atoms with Crippen LogP contribution in [0.25, 0.3) is 27.2 Å². The highest BCUT2D eigenvalue weighted by Crippen LogP contribution is 2.34. The molecular formula is C29H25F3N6OS. The Morgan fingerprint density at radius 2 is 1.75 bits per heavy atom. The van der Waals surface area contributed by atoms with Crippen LogP contribution in [0.1, 0.15) is 35.6 Å². The van der Waals surface area contributed by atoms with Crippen molar-refractivity contribution in [3.8, 4) is 16.4 Å². The van der Waals surface area contributed by atoms with Gasteiger partial charge in [0, 0.05) is 29.7 Å². The number of alkyl halides is 3. The molecule has 0 unspecified atom stereocenters. The fourth-order valence-corrected chi connectivity index (χ4v) is 5.04. The Labute approximate surface area is 232 Å². The molecule has 2 aromatic heterocycles. The summed E-state index contributed by atoms with van der Waals surface area (Å²) in [5.74, 6) is -0.589. The van der Waals surface area contributed by atoms with Crippen molar-refractivity contribution in [3.05, 3.63) is 95.1 Å². The van der Waals surface area contributed by atoms with E-state index in [0.717, 1.165) is 57.2 Å². The lowest BCUT2D eigenvalue weighted by molar-refractivity contribution is -0.141. The number of hydrogen-bond acceptors (Lipinski definition) is 6. The number of fused-ring (bicyclic) bond motifs is 1. The summed E-state index contributed by atoms with van der Waals surface area (Å²) >= 11 is 1.01. The quantitative estimate of drug-likeness (QED) is 0.167. The van der Waals surface area contributed by atoms with Gasteiger partial charge in [0.25, 0.3) is 5.91 Å². The van der Waals surface area contributed by atoms with Crippen LogP contribution in [0.5, 0.6) is 0 Å². The summed E-state index contributed by atoms with van der Waals surface area (Å²) in [4.78, 5) is 19.1. The number of rotatable bonds is 8. The monoisotopic (exact) mass is 562 g/mol. The van der Waals surface area contributed by atoms with E-state index in [-0.39, 0.29) is 16.5 Å². The highest BCUT2D eigenvalue weighted by molar-refractivity contribution is 7.12. The summed E-state index contributed by atoms with van der Waals surface area (Å²) in [5, 5.41) is 11.2. The second-order valence-electron chi connectivity index (χ2n) is 8.86. The first kappa shape index (κ1) is 27.1. The van der Waals surface area contributed by atoms with Gasteiger partial charge >= 0.3 is 6.18 Å². The highest BCUT2D eigenvalue weighted by Gasteiger charge is 2.35. The molecule has 0 aliphatic carbocycles. The molecule has 0 bridgehead atoms. The molecule has 0 aliphatic heterocycles. The lowest BCUT2D eigenvalue weighted by atomic mass is 10.0. The number of carbonyl (C=O) groups excluding carboxylic acids is 1. The lowest BCUT2D eigenvalue weighted by Gasteiger charge is -2.20. The third-order valence-corrected chi connectivity index (χ3v) is 7.17. The molecule has 5 rings (SSSR count). The first-order valence-electron chi connectivity index (χ1n) is 12.6. The minimum absolute atomic E-state index is 0.0163. The molecule has 204 valence electrons. The molecule has 0 spiro atoms. The summed E-state index contributed by atoms with van der Waals surface area (Å²) in [6, 6.07) is 21.7. The summed E-state index contributed by atoms with van der Waals surface area (Å²) in [6.07, 6.45) is -3.13. The van der Waals surface area contributed by atoms with Gasteiger partial charge < -0.3 is 4.90 Å². The van der Waals surface area contributed by atoms with E-state index in [4.69, 9.17) is 0 Å². The van der Waals surface area contributed by atoms with Crippen LogP contribution in [-0.4, -0.2) is 40.0 Å². The van der Waals surface area contributed by atoms with Crippen molar-refractivity contribution in [1.29, 1.82) is 0 Å². The fourth-order valence-electron chi connectivity index (χ4n) is 4.27. The summed E-state index contributed by atoms with van der Waals surface area (Å²) in [5.41, 5.74) is 4.04. The number of halogens is 3. The molecule has 11 heteroatoms. The number of hydrogen-bond donors (Lipinski definition) is 1. The van der Waals surface area contributed by atoms with Gasteiger partial charge in [0.2, 0.25) is 5.13 Å². The van der Waals surface area contributed by atoms with Crippen molar-refractivity contribution in [2.24, 2.45) is 5.10 Å². The molecule has 0 atom stereocenters. The topological polar surface area (TPSA) is 75.4 Å². The van der Waals surface area contributed by atoms with E-state index in [1.807, 2.05) is 54.6 Å². The van der Waals surface area contributed by atoms with E-state index in [9.17, 15) is 18.0 Å². The Hall–Kier alpha value is -4.51. The molecule has 40 heavy (non-hydrogen) atoms. The number of amides is 1. The zero-order valence-electron chi connectivity index (χ0n) is 21.7. The van der Waals surface area contributed by atoms with Crippen LogP contribution in [0.15, 0.2) is 83.3 Å². The molecule has 0 fully saturated rings. The molecule has 0 saturated heterocycles. The van der Waals surface area contributed by atoms with Gasteiger partial charge in [-0.1, -0.05) is 48.5 Å². The van der Waals surface area contributed by atoms with E-state index in [1.54, 1.807) is 12.1 Å². The van der Waals surface area contributed by atoms with E-state index in [1.165, 1.54) is 11.6 Å². The first-order chi connectivity index (χ1) is 19.3. The van der Waals surface area contributed by atoms with Crippen molar-refractivity contribution >= 4 is 39.9 Å². The van der Waals surface area contributed by atoms with Crippen LogP contribution < -0.4 is 10.3 Å². The molecule has 0 aliphatic rings.